The summed E-state index contributed by atoms with van der Waals surface area (Å²) in [5.41, 5.74) is 2.86. The van der Waals surface area contributed by atoms with Gasteiger partial charge in [-0.2, -0.15) is 0 Å². The van der Waals surface area contributed by atoms with Gasteiger partial charge in [0.25, 0.3) is 0 Å². The summed E-state index contributed by atoms with van der Waals surface area (Å²) in [6.07, 6.45) is 0.539. The molecule has 29 heavy (non-hydrogen) atoms. The Morgan fingerprint density at radius 2 is 1.86 bits per heavy atom. The number of aromatic nitrogens is 1. The molecule has 8 heteroatoms. The van der Waals surface area contributed by atoms with Crippen LogP contribution in [0.1, 0.15) is 39.8 Å². The van der Waals surface area contributed by atoms with Crippen molar-refractivity contribution in [3.05, 3.63) is 52.8 Å². The van der Waals surface area contributed by atoms with E-state index in [9.17, 15) is 18.0 Å². The van der Waals surface area contributed by atoms with Crippen LogP contribution in [0.15, 0.2) is 30.3 Å². The number of sulfone groups is 1. The van der Waals surface area contributed by atoms with Crippen LogP contribution in [0.5, 0.6) is 5.75 Å². The van der Waals surface area contributed by atoms with Crippen molar-refractivity contribution in [1.29, 1.82) is 0 Å². The quantitative estimate of drug-likeness (QED) is 0.506. The van der Waals surface area contributed by atoms with Gasteiger partial charge in [0.15, 0.2) is 23.1 Å². The molecule has 156 valence electrons. The number of para-hydroxylation sites is 1. The lowest BCUT2D eigenvalue weighted by Crippen LogP contribution is -2.20. The first-order valence-corrected chi connectivity index (χ1v) is 11.3. The minimum Gasteiger partial charge on any atom is -0.482 e. The molecule has 2 heterocycles. The zero-order valence-corrected chi connectivity index (χ0v) is 17.6. The molecule has 0 unspecified atom stereocenters. The number of benzene rings is 1. The summed E-state index contributed by atoms with van der Waals surface area (Å²) in [6.45, 7) is 4.83. The molecule has 0 N–H and O–H groups in total. The van der Waals surface area contributed by atoms with Crippen LogP contribution < -0.4 is 4.74 Å². The van der Waals surface area contributed by atoms with E-state index in [1.807, 2.05) is 36.6 Å². The SMILES string of the molecule is Cc1ccccc1OCC(=O)OCC(=O)c1cc(C)n([C@H]2CCS(=O)(=O)C2)c1C. The molecule has 0 amide bonds. The van der Waals surface area contributed by atoms with Gasteiger partial charge in [-0.1, -0.05) is 18.2 Å². The minimum atomic E-state index is -3.03. The first-order chi connectivity index (χ1) is 13.7. The van der Waals surface area contributed by atoms with Gasteiger partial charge in [-0.15, -0.1) is 0 Å². The predicted octanol–water partition coefficient (Wildman–Crippen LogP) is 2.58. The molecule has 1 aromatic carbocycles. The monoisotopic (exact) mass is 419 g/mol. The largest absolute Gasteiger partial charge is 0.482 e. The molecule has 3 rings (SSSR count). The van der Waals surface area contributed by atoms with Gasteiger partial charge in [-0.3, -0.25) is 4.79 Å². The van der Waals surface area contributed by atoms with Crippen molar-refractivity contribution < 1.29 is 27.5 Å². The van der Waals surface area contributed by atoms with Crippen LogP contribution in [-0.2, 0) is 19.4 Å². The highest BCUT2D eigenvalue weighted by Crippen LogP contribution is 2.29. The maximum Gasteiger partial charge on any atom is 0.344 e. The summed E-state index contributed by atoms with van der Waals surface area (Å²) in [4.78, 5) is 24.5. The lowest BCUT2D eigenvalue weighted by molar-refractivity contribution is -0.144. The maximum atomic E-state index is 12.6. The average Bonchev–Trinajstić information content (AvgIpc) is 3.17. The first kappa shape index (κ1) is 21.1. The third-order valence-corrected chi connectivity index (χ3v) is 6.91. The van der Waals surface area contributed by atoms with Crippen LogP contribution in [0.25, 0.3) is 0 Å². The van der Waals surface area contributed by atoms with Crippen molar-refractivity contribution in [1.82, 2.24) is 4.57 Å². The Hall–Kier alpha value is -2.61. The Morgan fingerprint density at radius 1 is 1.14 bits per heavy atom. The molecule has 7 nitrogen and oxygen atoms in total. The lowest BCUT2D eigenvalue weighted by atomic mass is 10.1. The molecule has 0 saturated carbocycles. The number of carbonyl (C=O) groups excluding carboxylic acids is 2. The third-order valence-electron chi connectivity index (χ3n) is 5.16. The van der Waals surface area contributed by atoms with Gasteiger partial charge in [0.2, 0.25) is 5.78 Å². The van der Waals surface area contributed by atoms with Crippen LogP contribution in [0.2, 0.25) is 0 Å². The van der Waals surface area contributed by atoms with Crippen molar-refractivity contribution >= 4 is 21.6 Å². The van der Waals surface area contributed by atoms with E-state index < -0.39 is 15.8 Å². The van der Waals surface area contributed by atoms with Gasteiger partial charge in [0, 0.05) is 23.0 Å². The number of hydrogen-bond acceptors (Lipinski definition) is 6. The van der Waals surface area contributed by atoms with Gasteiger partial charge in [-0.05, 0) is 44.9 Å². The first-order valence-electron chi connectivity index (χ1n) is 9.44. The molecule has 2 aromatic rings. The highest BCUT2D eigenvalue weighted by atomic mass is 32.2. The Morgan fingerprint density at radius 3 is 2.52 bits per heavy atom. The number of Topliss-reactive ketones (excluding diaryl/α,β-unsaturated/α-hetero) is 1. The summed E-state index contributed by atoms with van der Waals surface area (Å²) in [5.74, 6) is -0.115. The van der Waals surface area contributed by atoms with Crippen molar-refractivity contribution in [2.45, 2.75) is 33.2 Å². The topological polar surface area (TPSA) is 91.7 Å². The molecule has 1 aliphatic heterocycles. The molecule has 1 aliphatic rings. The van der Waals surface area contributed by atoms with E-state index in [1.165, 1.54) is 0 Å². The minimum absolute atomic E-state index is 0.0855. The van der Waals surface area contributed by atoms with Crippen LogP contribution in [0.4, 0.5) is 0 Å². The second kappa shape index (κ2) is 8.41. The number of ketones is 1. The number of aryl methyl sites for hydroxylation is 2. The predicted molar refractivity (Wildman–Crippen MR) is 108 cm³/mol. The molecule has 0 bridgehead atoms. The summed E-state index contributed by atoms with van der Waals surface area (Å²) < 4.78 is 36.0. The average molecular weight is 419 g/mol. The van der Waals surface area contributed by atoms with E-state index in [2.05, 4.69) is 0 Å². The van der Waals surface area contributed by atoms with E-state index in [4.69, 9.17) is 9.47 Å². The van der Waals surface area contributed by atoms with E-state index in [-0.39, 0.29) is 36.5 Å². The van der Waals surface area contributed by atoms with Crippen LogP contribution in [0.3, 0.4) is 0 Å². The van der Waals surface area contributed by atoms with Crippen LogP contribution in [0, 0.1) is 20.8 Å². The lowest BCUT2D eigenvalue weighted by Gasteiger charge is -2.16. The molecule has 1 aromatic heterocycles. The molecule has 0 radical (unpaired) electrons. The highest BCUT2D eigenvalue weighted by Gasteiger charge is 2.31. The molecular weight excluding hydrogens is 394 g/mol. The smallest absolute Gasteiger partial charge is 0.344 e. The number of carbonyl (C=O) groups is 2. The summed E-state index contributed by atoms with van der Waals surface area (Å²) in [7, 11) is -3.03. The second-order valence-electron chi connectivity index (χ2n) is 7.35. The molecular formula is C21H25NO6S. The van der Waals surface area contributed by atoms with Gasteiger partial charge in [0.1, 0.15) is 5.75 Å². The van der Waals surface area contributed by atoms with Crippen molar-refractivity contribution in [2.24, 2.45) is 0 Å². The molecule has 1 fully saturated rings. The Labute approximate surface area is 170 Å². The Balaban J connectivity index is 1.59. The van der Waals surface area contributed by atoms with Gasteiger partial charge in [-0.25, -0.2) is 13.2 Å². The van der Waals surface area contributed by atoms with Crippen molar-refractivity contribution in [2.75, 3.05) is 24.7 Å². The van der Waals surface area contributed by atoms with Crippen molar-refractivity contribution in [3.63, 3.8) is 0 Å². The normalized spacial score (nSPS) is 17.8. The number of ether oxygens (including phenoxy) is 2. The maximum absolute atomic E-state index is 12.6. The number of hydrogen-bond donors (Lipinski definition) is 0. The van der Waals surface area contributed by atoms with E-state index in [1.54, 1.807) is 19.1 Å². The summed E-state index contributed by atoms with van der Waals surface area (Å²) in [5, 5.41) is 0. The number of nitrogens with zero attached hydrogens (tertiary/aromatic N) is 1. The number of esters is 1. The zero-order valence-electron chi connectivity index (χ0n) is 16.8. The van der Waals surface area contributed by atoms with Gasteiger partial charge < -0.3 is 14.0 Å². The molecule has 1 saturated heterocycles. The van der Waals surface area contributed by atoms with Crippen LogP contribution >= 0.6 is 0 Å². The molecule has 0 aliphatic carbocycles. The number of rotatable bonds is 7. The zero-order chi connectivity index (χ0) is 21.2. The van der Waals surface area contributed by atoms with Crippen LogP contribution in [-0.4, -0.2) is 49.5 Å². The molecule has 1 atom stereocenters. The van der Waals surface area contributed by atoms with Gasteiger partial charge in [0.05, 0.1) is 11.5 Å². The fraction of sp³-hybridized carbons (Fsp3) is 0.429. The summed E-state index contributed by atoms with van der Waals surface area (Å²) in [6, 6.07) is 8.87. The van der Waals surface area contributed by atoms with E-state index in [0.29, 0.717) is 23.4 Å². The standard InChI is InChI=1S/C21H25NO6S/c1-14-6-4-5-7-20(14)27-12-21(24)28-11-19(23)18-10-15(2)22(16(18)3)17-8-9-29(25,26)13-17/h4-7,10,17H,8-9,11-13H2,1-3H3/t17-/m0/s1. The fourth-order valence-corrected chi connectivity index (χ4v) is 5.42. The van der Waals surface area contributed by atoms with E-state index >= 15 is 0 Å². The Bertz CT molecular complexity index is 1040. The van der Waals surface area contributed by atoms with Gasteiger partial charge >= 0.3 is 5.97 Å². The highest BCUT2D eigenvalue weighted by molar-refractivity contribution is 7.91. The molecule has 0 spiro atoms. The summed E-state index contributed by atoms with van der Waals surface area (Å²) >= 11 is 0. The van der Waals surface area contributed by atoms with E-state index in [0.717, 1.165) is 11.3 Å². The van der Waals surface area contributed by atoms with Crippen molar-refractivity contribution in [3.8, 4) is 5.75 Å². The second-order valence-corrected chi connectivity index (χ2v) is 9.58. The fourth-order valence-electron chi connectivity index (χ4n) is 3.72. The third kappa shape index (κ3) is 4.87. The Kier molecular flexibility index (Phi) is 6.12.